The van der Waals surface area contributed by atoms with Gasteiger partial charge in [0.1, 0.15) is 6.61 Å². The highest BCUT2D eigenvalue weighted by molar-refractivity contribution is 5.96. The van der Waals surface area contributed by atoms with Crippen molar-refractivity contribution in [3.05, 3.63) is 42.2 Å². The molecule has 0 radical (unpaired) electrons. The number of nitrogens with zero attached hydrogens (tertiary/aromatic N) is 1. The molecule has 2 aromatic rings. The van der Waals surface area contributed by atoms with Gasteiger partial charge in [-0.1, -0.05) is 12.1 Å². The number of aromatic nitrogens is 1. The van der Waals surface area contributed by atoms with E-state index in [1.165, 1.54) is 0 Å². The summed E-state index contributed by atoms with van der Waals surface area (Å²) in [7, 11) is 1.78. The second kappa shape index (κ2) is 4.43. The Morgan fingerprint density at radius 2 is 1.94 bits per heavy atom. The largest absolute Gasteiger partial charge is 0.399 e. The average molecular weight is 230 g/mol. The Hall–Kier alpha value is -2.07. The third kappa shape index (κ3) is 2.21. The van der Waals surface area contributed by atoms with Crippen molar-refractivity contribution in [3.63, 3.8) is 0 Å². The van der Waals surface area contributed by atoms with Gasteiger partial charge in [0.25, 0.3) is 0 Å². The second-order valence-corrected chi connectivity index (χ2v) is 3.93. The number of anilines is 1. The van der Waals surface area contributed by atoms with Crippen LogP contribution in [-0.4, -0.2) is 22.1 Å². The topological polar surface area (TPSA) is 68.2 Å². The van der Waals surface area contributed by atoms with Crippen LogP contribution in [-0.2, 0) is 7.05 Å². The number of aliphatic hydroxyl groups is 1. The highest BCUT2D eigenvalue weighted by Crippen LogP contribution is 2.22. The van der Waals surface area contributed by atoms with Gasteiger partial charge in [-0.05, 0) is 23.8 Å². The third-order valence-corrected chi connectivity index (χ3v) is 2.68. The smallest absolute Gasteiger partial charge is 0.204 e. The van der Waals surface area contributed by atoms with Gasteiger partial charge in [-0.3, -0.25) is 4.79 Å². The van der Waals surface area contributed by atoms with Gasteiger partial charge in [-0.15, -0.1) is 0 Å². The molecule has 0 unspecified atom stereocenters. The van der Waals surface area contributed by atoms with Gasteiger partial charge in [0.15, 0.2) is 0 Å². The number of rotatable bonds is 3. The van der Waals surface area contributed by atoms with Gasteiger partial charge in [-0.2, -0.15) is 0 Å². The summed E-state index contributed by atoms with van der Waals surface area (Å²) in [4.78, 5) is 11.4. The van der Waals surface area contributed by atoms with Crippen LogP contribution in [0.15, 0.2) is 36.5 Å². The minimum absolute atomic E-state index is 0.283. The van der Waals surface area contributed by atoms with Crippen molar-refractivity contribution in [2.24, 2.45) is 7.05 Å². The van der Waals surface area contributed by atoms with Crippen LogP contribution in [0, 0.1) is 0 Å². The molecule has 17 heavy (non-hydrogen) atoms. The minimum Gasteiger partial charge on any atom is -0.399 e. The lowest BCUT2D eigenvalue weighted by Gasteiger charge is -1.97. The lowest BCUT2D eigenvalue weighted by molar-refractivity contribution is 0.0895. The average Bonchev–Trinajstić information content (AvgIpc) is 2.71. The van der Waals surface area contributed by atoms with Crippen LogP contribution in [0.5, 0.6) is 0 Å². The Morgan fingerprint density at radius 3 is 2.53 bits per heavy atom. The number of carbonyl (C=O) groups is 1. The molecule has 3 N–H and O–H groups in total. The van der Waals surface area contributed by atoms with E-state index in [4.69, 9.17) is 10.8 Å². The first-order valence-electron chi connectivity index (χ1n) is 5.28. The molecule has 0 aliphatic carbocycles. The van der Waals surface area contributed by atoms with E-state index < -0.39 is 6.61 Å². The number of hydrogen-bond donors (Lipinski definition) is 2. The van der Waals surface area contributed by atoms with Crippen molar-refractivity contribution >= 4 is 11.5 Å². The van der Waals surface area contributed by atoms with Crippen LogP contribution in [0.1, 0.15) is 10.5 Å². The monoisotopic (exact) mass is 230 g/mol. The maximum Gasteiger partial charge on any atom is 0.204 e. The summed E-state index contributed by atoms with van der Waals surface area (Å²) in [6.07, 6.45) is 1.86. The predicted octanol–water partition coefficient (Wildman–Crippen LogP) is 1.45. The van der Waals surface area contributed by atoms with Crippen molar-refractivity contribution in [1.82, 2.24) is 4.57 Å². The molecule has 0 aliphatic heterocycles. The van der Waals surface area contributed by atoms with Crippen molar-refractivity contribution in [1.29, 1.82) is 0 Å². The van der Waals surface area contributed by atoms with E-state index in [0.29, 0.717) is 11.4 Å². The first-order chi connectivity index (χ1) is 8.11. The number of hydrogen-bond acceptors (Lipinski definition) is 3. The highest BCUT2D eigenvalue weighted by atomic mass is 16.3. The molecule has 0 amide bonds. The Labute approximate surface area is 99.3 Å². The molecule has 1 aromatic heterocycles. The summed E-state index contributed by atoms with van der Waals surface area (Å²) in [5.74, 6) is -0.283. The summed E-state index contributed by atoms with van der Waals surface area (Å²) in [6.45, 7) is -0.473. The van der Waals surface area contributed by atoms with Gasteiger partial charge in [0, 0.05) is 24.5 Å². The van der Waals surface area contributed by atoms with Crippen LogP contribution in [0.4, 0.5) is 5.69 Å². The van der Waals surface area contributed by atoms with Crippen LogP contribution in [0.2, 0.25) is 0 Å². The van der Waals surface area contributed by atoms with Gasteiger partial charge in [0.05, 0.1) is 5.69 Å². The Bertz CT molecular complexity index is 541. The fourth-order valence-corrected chi connectivity index (χ4v) is 1.76. The molecule has 0 fully saturated rings. The maximum atomic E-state index is 11.4. The molecule has 2 rings (SSSR count). The number of nitrogens with two attached hydrogens (primary N) is 1. The Kier molecular flexibility index (Phi) is 2.97. The Morgan fingerprint density at radius 1 is 1.29 bits per heavy atom. The van der Waals surface area contributed by atoms with E-state index in [1.54, 1.807) is 17.7 Å². The number of carbonyl (C=O) groups excluding carboxylic acids is 1. The molecule has 4 nitrogen and oxygen atoms in total. The summed E-state index contributed by atoms with van der Waals surface area (Å²) >= 11 is 0. The Balaban J connectivity index is 2.41. The molecule has 0 saturated heterocycles. The molecular formula is C13H14N2O2. The number of nitrogen functional groups attached to an aromatic ring is 1. The molecular weight excluding hydrogens is 216 g/mol. The van der Waals surface area contributed by atoms with E-state index in [-0.39, 0.29) is 5.78 Å². The van der Waals surface area contributed by atoms with Crippen LogP contribution in [0.25, 0.3) is 11.1 Å². The zero-order valence-corrected chi connectivity index (χ0v) is 9.55. The number of aryl methyl sites for hydroxylation is 1. The fraction of sp³-hybridized carbons (Fsp3) is 0.154. The number of benzene rings is 1. The normalized spacial score (nSPS) is 10.5. The van der Waals surface area contributed by atoms with Gasteiger partial charge < -0.3 is 15.4 Å². The standard InChI is InChI=1S/C13H14N2O2/c1-15-7-10(6-12(15)13(17)8-16)9-2-4-11(14)5-3-9/h2-7,16H,8,14H2,1H3. The first-order valence-corrected chi connectivity index (χ1v) is 5.28. The SMILES string of the molecule is Cn1cc(-c2ccc(N)cc2)cc1C(=O)CO. The third-order valence-electron chi connectivity index (χ3n) is 2.68. The molecule has 88 valence electrons. The first kappa shape index (κ1) is 11.4. The highest BCUT2D eigenvalue weighted by Gasteiger charge is 2.11. The molecule has 4 heteroatoms. The molecule has 0 saturated carbocycles. The van der Waals surface area contributed by atoms with Crippen molar-refractivity contribution in [2.45, 2.75) is 0 Å². The number of aliphatic hydroxyl groups excluding tert-OH is 1. The summed E-state index contributed by atoms with van der Waals surface area (Å²) < 4.78 is 1.71. The minimum atomic E-state index is -0.473. The predicted molar refractivity (Wildman–Crippen MR) is 66.7 cm³/mol. The van der Waals surface area contributed by atoms with Gasteiger partial charge in [-0.25, -0.2) is 0 Å². The maximum absolute atomic E-state index is 11.4. The number of Topliss-reactive ketones (excluding diaryl/α,β-unsaturated/α-hetero) is 1. The summed E-state index contributed by atoms with van der Waals surface area (Å²) in [5.41, 5.74) is 8.75. The van der Waals surface area contributed by atoms with E-state index in [2.05, 4.69) is 0 Å². The molecule has 0 bridgehead atoms. The molecule has 1 heterocycles. The van der Waals surface area contributed by atoms with Crippen LogP contribution >= 0.6 is 0 Å². The fourth-order valence-electron chi connectivity index (χ4n) is 1.76. The van der Waals surface area contributed by atoms with E-state index in [1.807, 2.05) is 30.5 Å². The van der Waals surface area contributed by atoms with E-state index in [0.717, 1.165) is 11.1 Å². The number of ketones is 1. The summed E-state index contributed by atoms with van der Waals surface area (Å²) in [5, 5.41) is 8.85. The van der Waals surface area contributed by atoms with Crippen molar-refractivity contribution in [3.8, 4) is 11.1 Å². The molecule has 0 atom stereocenters. The van der Waals surface area contributed by atoms with Crippen LogP contribution in [0.3, 0.4) is 0 Å². The quantitative estimate of drug-likeness (QED) is 0.619. The lowest BCUT2D eigenvalue weighted by atomic mass is 10.1. The van der Waals surface area contributed by atoms with Crippen LogP contribution < -0.4 is 5.73 Å². The molecule has 0 spiro atoms. The van der Waals surface area contributed by atoms with E-state index >= 15 is 0 Å². The molecule has 1 aromatic carbocycles. The summed E-state index contributed by atoms with van der Waals surface area (Å²) in [6, 6.07) is 9.20. The van der Waals surface area contributed by atoms with Crippen molar-refractivity contribution in [2.75, 3.05) is 12.3 Å². The molecule has 0 aliphatic rings. The van der Waals surface area contributed by atoms with Gasteiger partial charge in [0.2, 0.25) is 5.78 Å². The lowest BCUT2D eigenvalue weighted by Crippen LogP contribution is -2.08. The van der Waals surface area contributed by atoms with E-state index in [9.17, 15) is 4.79 Å². The second-order valence-electron chi connectivity index (χ2n) is 3.93. The zero-order chi connectivity index (χ0) is 12.4. The van der Waals surface area contributed by atoms with Gasteiger partial charge >= 0.3 is 0 Å². The zero-order valence-electron chi connectivity index (χ0n) is 9.55. The van der Waals surface area contributed by atoms with Crippen molar-refractivity contribution < 1.29 is 9.90 Å².